The van der Waals surface area contributed by atoms with Gasteiger partial charge in [0.05, 0.1) is 17.3 Å². The summed E-state index contributed by atoms with van der Waals surface area (Å²) in [5, 5.41) is 0. The van der Waals surface area contributed by atoms with Gasteiger partial charge in [-0.1, -0.05) is 24.3 Å². The number of sulfone groups is 1. The van der Waals surface area contributed by atoms with E-state index in [0.717, 1.165) is 5.56 Å². The predicted octanol–water partition coefficient (Wildman–Crippen LogP) is 0.0940. The first-order chi connectivity index (χ1) is 9.75. The molecule has 0 bridgehead atoms. The van der Waals surface area contributed by atoms with E-state index in [2.05, 4.69) is 0 Å². The second-order valence-corrected chi connectivity index (χ2v) is 9.56. The molecule has 118 valence electrons. The van der Waals surface area contributed by atoms with E-state index in [1.54, 1.807) is 18.2 Å². The number of rotatable bonds is 5. The fourth-order valence-corrected chi connectivity index (χ4v) is 5.87. The van der Waals surface area contributed by atoms with Gasteiger partial charge in [0.25, 0.3) is 0 Å². The maximum atomic E-state index is 12.5. The molecule has 1 atom stereocenters. The Hall–Kier alpha value is -0.960. The van der Waals surface area contributed by atoms with Gasteiger partial charge in [0.1, 0.15) is 0 Å². The van der Waals surface area contributed by atoms with Crippen LogP contribution in [-0.4, -0.2) is 45.7 Å². The Labute approximate surface area is 125 Å². The minimum absolute atomic E-state index is 0.0525. The summed E-state index contributed by atoms with van der Waals surface area (Å²) < 4.78 is 49.1. The molecule has 1 aromatic rings. The maximum absolute atomic E-state index is 12.5. The molecule has 1 saturated heterocycles. The lowest BCUT2D eigenvalue weighted by Crippen LogP contribution is -2.38. The van der Waals surface area contributed by atoms with Gasteiger partial charge in [-0.3, -0.25) is 0 Å². The SMILES string of the molecule is CN(C1CCS(=O)(=O)C1)S(=O)(=O)Cc1ccccc1CN. The minimum atomic E-state index is -3.57. The zero-order chi connectivity index (χ0) is 15.7. The van der Waals surface area contributed by atoms with Crippen molar-refractivity contribution in [3.8, 4) is 0 Å². The first-order valence-electron chi connectivity index (χ1n) is 6.68. The van der Waals surface area contributed by atoms with Crippen LogP contribution >= 0.6 is 0 Å². The Kier molecular flexibility index (Phi) is 4.72. The van der Waals surface area contributed by atoms with Crippen molar-refractivity contribution in [1.82, 2.24) is 4.31 Å². The Balaban J connectivity index is 2.18. The van der Waals surface area contributed by atoms with Crippen LogP contribution in [0.15, 0.2) is 24.3 Å². The van der Waals surface area contributed by atoms with Crippen molar-refractivity contribution in [2.75, 3.05) is 18.6 Å². The molecule has 2 rings (SSSR count). The number of benzene rings is 1. The highest BCUT2D eigenvalue weighted by Crippen LogP contribution is 2.22. The van der Waals surface area contributed by atoms with Crippen molar-refractivity contribution < 1.29 is 16.8 Å². The number of hydrogen-bond acceptors (Lipinski definition) is 5. The molecule has 6 nitrogen and oxygen atoms in total. The minimum Gasteiger partial charge on any atom is -0.326 e. The first-order valence-corrected chi connectivity index (χ1v) is 10.1. The van der Waals surface area contributed by atoms with Crippen LogP contribution in [0.25, 0.3) is 0 Å². The van der Waals surface area contributed by atoms with E-state index in [1.165, 1.54) is 11.4 Å². The van der Waals surface area contributed by atoms with Gasteiger partial charge in [-0.05, 0) is 17.5 Å². The summed E-state index contributed by atoms with van der Waals surface area (Å²) in [7, 11) is -5.23. The zero-order valence-corrected chi connectivity index (χ0v) is 13.5. The van der Waals surface area contributed by atoms with Crippen molar-refractivity contribution in [2.24, 2.45) is 5.73 Å². The summed E-state index contributed by atoms with van der Waals surface area (Å²) in [6.07, 6.45) is 0.358. The predicted molar refractivity (Wildman–Crippen MR) is 81.8 cm³/mol. The number of sulfonamides is 1. The molecular formula is C13H20N2O4S2. The topological polar surface area (TPSA) is 97.5 Å². The van der Waals surface area contributed by atoms with E-state index >= 15 is 0 Å². The third-order valence-electron chi connectivity index (χ3n) is 3.84. The van der Waals surface area contributed by atoms with Crippen LogP contribution in [0.3, 0.4) is 0 Å². The van der Waals surface area contributed by atoms with Gasteiger partial charge in [0, 0.05) is 19.6 Å². The molecule has 0 radical (unpaired) electrons. The van der Waals surface area contributed by atoms with E-state index < -0.39 is 25.9 Å². The molecule has 1 heterocycles. The van der Waals surface area contributed by atoms with Crippen molar-refractivity contribution in [2.45, 2.75) is 24.8 Å². The second kappa shape index (κ2) is 6.04. The second-order valence-electron chi connectivity index (χ2n) is 5.30. The van der Waals surface area contributed by atoms with Crippen LogP contribution in [0, 0.1) is 0 Å². The fraction of sp³-hybridized carbons (Fsp3) is 0.538. The Morgan fingerprint density at radius 1 is 1.29 bits per heavy atom. The number of nitrogens with zero attached hydrogens (tertiary/aromatic N) is 1. The van der Waals surface area contributed by atoms with Gasteiger partial charge < -0.3 is 5.73 Å². The molecule has 0 spiro atoms. The largest absolute Gasteiger partial charge is 0.326 e. The third kappa shape index (κ3) is 3.82. The lowest BCUT2D eigenvalue weighted by atomic mass is 10.1. The molecule has 0 aliphatic carbocycles. The molecule has 1 fully saturated rings. The van der Waals surface area contributed by atoms with Crippen LogP contribution in [0.1, 0.15) is 17.5 Å². The summed E-state index contributed by atoms with van der Waals surface area (Å²) in [6, 6.07) is 6.64. The van der Waals surface area contributed by atoms with E-state index in [-0.39, 0.29) is 23.8 Å². The Morgan fingerprint density at radius 3 is 2.43 bits per heavy atom. The quantitative estimate of drug-likeness (QED) is 0.824. The fourth-order valence-electron chi connectivity index (χ4n) is 2.49. The van der Waals surface area contributed by atoms with Gasteiger partial charge in [-0.15, -0.1) is 0 Å². The highest BCUT2D eigenvalue weighted by atomic mass is 32.2. The third-order valence-corrected chi connectivity index (χ3v) is 7.44. The smallest absolute Gasteiger partial charge is 0.218 e. The van der Waals surface area contributed by atoms with Crippen molar-refractivity contribution in [3.05, 3.63) is 35.4 Å². The van der Waals surface area contributed by atoms with Crippen LogP contribution in [0.2, 0.25) is 0 Å². The zero-order valence-electron chi connectivity index (χ0n) is 11.9. The molecule has 21 heavy (non-hydrogen) atoms. The molecule has 1 aliphatic heterocycles. The molecule has 0 aromatic heterocycles. The van der Waals surface area contributed by atoms with E-state index in [9.17, 15) is 16.8 Å². The normalized spacial score (nSPS) is 21.8. The van der Waals surface area contributed by atoms with Crippen molar-refractivity contribution in [1.29, 1.82) is 0 Å². The van der Waals surface area contributed by atoms with Crippen molar-refractivity contribution in [3.63, 3.8) is 0 Å². The molecule has 0 amide bonds. The van der Waals surface area contributed by atoms with Crippen molar-refractivity contribution >= 4 is 19.9 Å². The first kappa shape index (κ1) is 16.4. The molecule has 2 N–H and O–H groups in total. The van der Waals surface area contributed by atoms with E-state index in [4.69, 9.17) is 5.73 Å². The number of nitrogens with two attached hydrogens (primary N) is 1. The summed E-state index contributed by atoms with van der Waals surface area (Å²) >= 11 is 0. The highest BCUT2D eigenvalue weighted by molar-refractivity contribution is 7.92. The monoisotopic (exact) mass is 332 g/mol. The summed E-state index contributed by atoms with van der Waals surface area (Å²) in [5.41, 5.74) is 7.06. The summed E-state index contributed by atoms with van der Waals surface area (Å²) in [4.78, 5) is 0. The van der Waals surface area contributed by atoms with Gasteiger partial charge >= 0.3 is 0 Å². The van der Waals surface area contributed by atoms with Crippen LogP contribution in [0.5, 0.6) is 0 Å². The number of hydrogen-bond donors (Lipinski definition) is 1. The van der Waals surface area contributed by atoms with Gasteiger partial charge in [0.15, 0.2) is 9.84 Å². The maximum Gasteiger partial charge on any atom is 0.218 e. The molecule has 1 unspecified atom stereocenters. The highest BCUT2D eigenvalue weighted by Gasteiger charge is 2.35. The average Bonchev–Trinajstić information content (AvgIpc) is 2.78. The van der Waals surface area contributed by atoms with Gasteiger partial charge in [0.2, 0.25) is 10.0 Å². The lowest BCUT2D eigenvalue weighted by molar-refractivity contribution is 0.393. The van der Waals surface area contributed by atoms with Gasteiger partial charge in [-0.25, -0.2) is 21.1 Å². The molecule has 8 heteroatoms. The lowest BCUT2D eigenvalue weighted by Gasteiger charge is -2.23. The Morgan fingerprint density at radius 2 is 1.90 bits per heavy atom. The molecular weight excluding hydrogens is 312 g/mol. The van der Waals surface area contributed by atoms with E-state index in [0.29, 0.717) is 12.0 Å². The van der Waals surface area contributed by atoms with E-state index in [1.807, 2.05) is 6.07 Å². The molecule has 1 aromatic carbocycles. The summed E-state index contributed by atoms with van der Waals surface area (Å²) in [6.45, 7) is 0.271. The summed E-state index contributed by atoms with van der Waals surface area (Å²) in [5.74, 6) is -0.203. The Bertz CT molecular complexity index is 713. The van der Waals surface area contributed by atoms with Crippen LogP contribution < -0.4 is 5.73 Å². The molecule has 1 aliphatic rings. The standard InChI is InChI=1S/C13H20N2O4S2/c1-15(13-6-7-20(16,17)10-13)21(18,19)9-12-5-3-2-4-11(12)8-14/h2-5,13H,6-10,14H2,1H3. The molecule has 0 saturated carbocycles. The average molecular weight is 332 g/mol. The van der Waals surface area contributed by atoms with Crippen LogP contribution in [-0.2, 0) is 32.2 Å². The van der Waals surface area contributed by atoms with Crippen LogP contribution in [0.4, 0.5) is 0 Å². The van der Waals surface area contributed by atoms with Gasteiger partial charge in [-0.2, -0.15) is 0 Å².